The van der Waals surface area contributed by atoms with E-state index < -0.39 is 0 Å². The summed E-state index contributed by atoms with van der Waals surface area (Å²) >= 11 is 0. The molecule has 1 fully saturated rings. The topological polar surface area (TPSA) is 32.5 Å². The second kappa shape index (κ2) is 6.32. The van der Waals surface area contributed by atoms with E-state index >= 15 is 0 Å². The number of hydrogen-bond acceptors (Lipinski definition) is 3. The molecule has 0 saturated carbocycles. The molecule has 2 N–H and O–H groups in total. The largest absolute Gasteiger partial charge is 0.326 e. The number of hydrogen-bond donors (Lipinski definition) is 1. The van der Waals surface area contributed by atoms with E-state index in [2.05, 4.69) is 48.0 Å². The van der Waals surface area contributed by atoms with Crippen LogP contribution >= 0.6 is 0 Å². The zero-order valence-corrected chi connectivity index (χ0v) is 11.6. The summed E-state index contributed by atoms with van der Waals surface area (Å²) in [7, 11) is 2.24. The monoisotopic (exact) mass is 247 g/mol. The maximum absolute atomic E-state index is 5.62. The third-order valence-electron chi connectivity index (χ3n) is 4.00. The van der Waals surface area contributed by atoms with Crippen LogP contribution in [0.3, 0.4) is 0 Å². The van der Waals surface area contributed by atoms with Gasteiger partial charge < -0.3 is 10.6 Å². The highest BCUT2D eigenvalue weighted by Crippen LogP contribution is 2.14. The Balaban J connectivity index is 1.92. The summed E-state index contributed by atoms with van der Waals surface area (Å²) in [5.74, 6) is 0. The molecule has 1 aromatic carbocycles. The van der Waals surface area contributed by atoms with Crippen LogP contribution in [0.2, 0.25) is 0 Å². The van der Waals surface area contributed by atoms with Crippen LogP contribution in [0.5, 0.6) is 0 Å². The summed E-state index contributed by atoms with van der Waals surface area (Å²) < 4.78 is 0. The average Bonchev–Trinajstić information content (AvgIpc) is 2.42. The lowest BCUT2D eigenvalue weighted by Gasteiger charge is -2.39. The van der Waals surface area contributed by atoms with Crippen molar-refractivity contribution in [2.75, 3.05) is 26.7 Å². The summed E-state index contributed by atoms with van der Waals surface area (Å²) in [5, 5.41) is 0. The first kappa shape index (κ1) is 13.5. The number of nitrogens with two attached hydrogens (primary N) is 1. The number of nitrogens with zero attached hydrogens (tertiary/aromatic N) is 2. The zero-order chi connectivity index (χ0) is 13.0. The van der Waals surface area contributed by atoms with E-state index in [1.165, 1.54) is 37.2 Å². The molecule has 1 aromatic rings. The van der Waals surface area contributed by atoms with Crippen molar-refractivity contribution in [2.24, 2.45) is 5.73 Å². The summed E-state index contributed by atoms with van der Waals surface area (Å²) in [5.41, 5.74) is 8.23. The van der Waals surface area contributed by atoms with Gasteiger partial charge in [0, 0.05) is 38.8 Å². The molecule has 100 valence electrons. The minimum atomic E-state index is 0.632. The lowest BCUT2D eigenvalue weighted by molar-refractivity contribution is 0.0884. The van der Waals surface area contributed by atoms with E-state index in [1.54, 1.807) is 0 Å². The van der Waals surface area contributed by atoms with Crippen molar-refractivity contribution in [3.8, 4) is 0 Å². The van der Waals surface area contributed by atoms with Crippen LogP contribution in [0.1, 0.15) is 24.5 Å². The van der Waals surface area contributed by atoms with Crippen LogP contribution in [0.4, 0.5) is 0 Å². The zero-order valence-electron chi connectivity index (χ0n) is 11.6. The molecule has 0 bridgehead atoms. The van der Waals surface area contributed by atoms with Gasteiger partial charge in [-0.25, -0.2) is 0 Å². The van der Waals surface area contributed by atoms with Gasteiger partial charge in [-0.05, 0) is 24.6 Å². The maximum atomic E-state index is 5.62. The Morgan fingerprint density at radius 1 is 1.17 bits per heavy atom. The fourth-order valence-electron chi connectivity index (χ4n) is 2.63. The van der Waals surface area contributed by atoms with Crippen LogP contribution in [0, 0.1) is 0 Å². The van der Waals surface area contributed by atoms with E-state index in [0.29, 0.717) is 12.6 Å². The first-order valence-electron chi connectivity index (χ1n) is 6.93. The van der Waals surface area contributed by atoms with Crippen molar-refractivity contribution < 1.29 is 0 Å². The van der Waals surface area contributed by atoms with Gasteiger partial charge >= 0.3 is 0 Å². The number of piperazine rings is 1. The van der Waals surface area contributed by atoms with E-state index in [9.17, 15) is 0 Å². The van der Waals surface area contributed by atoms with Gasteiger partial charge in [0.25, 0.3) is 0 Å². The number of rotatable bonds is 4. The van der Waals surface area contributed by atoms with E-state index in [1.807, 2.05) is 0 Å². The molecular formula is C15H25N3. The molecule has 3 heteroatoms. The van der Waals surface area contributed by atoms with Gasteiger partial charge in [0.05, 0.1) is 0 Å². The molecule has 0 aromatic heterocycles. The van der Waals surface area contributed by atoms with Gasteiger partial charge in [0.2, 0.25) is 0 Å². The van der Waals surface area contributed by atoms with Crippen molar-refractivity contribution in [3.63, 3.8) is 0 Å². The van der Waals surface area contributed by atoms with E-state index in [4.69, 9.17) is 5.73 Å². The van der Waals surface area contributed by atoms with Gasteiger partial charge in [-0.15, -0.1) is 0 Å². The minimum Gasteiger partial charge on any atom is -0.326 e. The fourth-order valence-corrected chi connectivity index (χ4v) is 2.63. The summed E-state index contributed by atoms with van der Waals surface area (Å²) in [6.45, 7) is 7.51. The van der Waals surface area contributed by atoms with Gasteiger partial charge in [-0.1, -0.05) is 31.2 Å². The third-order valence-corrected chi connectivity index (χ3v) is 4.00. The lowest BCUT2D eigenvalue weighted by atomic mass is 10.1. The lowest BCUT2D eigenvalue weighted by Crippen LogP contribution is -2.50. The van der Waals surface area contributed by atoms with Crippen LogP contribution in [0.25, 0.3) is 0 Å². The Morgan fingerprint density at radius 2 is 1.83 bits per heavy atom. The smallest absolute Gasteiger partial charge is 0.0234 e. The van der Waals surface area contributed by atoms with Crippen LogP contribution in [-0.2, 0) is 13.1 Å². The van der Waals surface area contributed by atoms with Crippen molar-refractivity contribution in [3.05, 3.63) is 35.4 Å². The van der Waals surface area contributed by atoms with Gasteiger partial charge in [0.1, 0.15) is 0 Å². The van der Waals surface area contributed by atoms with Gasteiger partial charge in [-0.3, -0.25) is 4.90 Å². The molecule has 0 amide bonds. The van der Waals surface area contributed by atoms with Crippen LogP contribution < -0.4 is 5.73 Å². The molecule has 0 radical (unpaired) electrons. The molecule has 1 atom stereocenters. The molecule has 1 unspecified atom stereocenters. The van der Waals surface area contributed by atoms with Gasteiger partial charge in [-0.2, -0.15) is 0 Å². The molecule has 3 nitrogen and oxygen atoms in total. The summed E-state index contributed by atoms with van der Waals surface area (Å²) in [4.78, 5) is 5.04. The van der Waals surface area contributed by atoms with Crippen molar-refractivity contribution >= 4 is 0 Å². The predicted molar refractivity (Wildman–Crippen MR) is 76.3 cm³/mol. The second-order valence-electron chi connectivity index (χ2n) is 5.30. The van der Waals surface area contributed by atoms with Crippen molar-refractivity contribution in [1.29, 1.82) is 0 Å². The quantitative estimate of drug-likeness (QED) is 0.878. The normalized spacial score (nSPS) is 22.3. The summed E-state index contributed by atoms with van der Waals surface area (Å²) in [6.07, 6.45) is 1.24. The third kappa shape index (κ3) is 3.31. The van der Waals surface area contributed by atoms with E-state index in [0.717, 1.165) is 6.54 Å². The Kier molecular flexibility index (Phi) is 4.75. The van der Waals surface area contributed by atoms with Crippen LogP contribution in [-0.4, -0.2) is 42.5 Å². The molecule has 0 spiro atoms. The van der Waals surface area contributed by atoms with E-state index in [-0.39, 0.29) is 0 Å². The van der Waals surface area contributed by atoms with Crippen molar-refractivity contribution in [2.45, 2.75) is 32.5 Å². The maximum Gasteiger partial charge on any atom is 0.0234 e. The Bertz CT molecular complexity index is 361. The average molecular weight is 247 g/mol. The molecule has 1 aliphatic rings. The number of likely N-dealkylation sites (N-methyl/N-ethyl adjacent to an activating group) is 1. The standard InChI is InChI=1S/C15H25N3/c1-3-15-12-18(9-8-17(15)2)11-14-6-4-13(10-16)5-7-14/h4-7,15H,3,8-12,16H2,1-2H3. The highest BCUT2D eigenvalue weighted by molar-refractivity contribution is 5.22. The second-order valence-corrected chi connectivity index (χ2v) is 5.30. The molecule has 18 heavy (non-hydrogen) atoms. The van der Waals surface area contributed by atoms with Gasteiger partial charge in [0.15, 0.2) is 0 Å². The molecule has 0 aliphatic carbocycles. The first-order valence-corrected chi connectivity index (χ1v) is 6.93. The SMILES string of the molecule is CCC1CN(Cc2ccc(CN)cc2)CCN1C. The molecule has 1 heterocycles. The molecule has 1 saturated heterocycles. The highest BCUT2D eigenvalue weighted by atomic mass is 15.3. The molecular weight excluding hydrogens is 222 g/mol. The fraction of sp³-hybridized carbons (Fsp3) is 0.600. The predicted octanol–water partition coefficient (Wildman–Crippen LogP) is 1.67. The Morgan fingerprint density at radius 3 is 2.44 bits per heavy atom. The minimum absolute atomic E-state index is 0.632. The highest BCUT2D eigenvalue weighted by Gasteiger charge is 2.22. The Labute approximate surface area is 111 Å². The Hall–Kier alpha value is -0.900. The first-order chi connectivity index (χ1) is 8.72. The number of benzene rings is 1. The van der Waals surface area contributed by atoms with Crippen molar-refractivity contribution in [1.82, 2.24) is 9.80 Å². The molecule has 2 rings (SSSR count). The van der Waals surface area contributed by atoms with Crippen LogP contribution in [0.15, 0.2) is 24.3 Å². The summed E-state index contributed by atoms with van der Waals surface area (Å²) in [6, 6.07) is 9.41. The molecule has 1 aliphatic heterocycles.